The van der Waals surface area contributed by atoms with E-state index in [-0.39, 0.29) is 42.3 Å². The molecule has 1 amide bonds. The summed E-state index contributed by atoms with van der Waals surface area (Å²) < 4.78 is 14.3. The number of hydrogen-bond donors (Lipinski definition) is 4. The van der Waals surface area contributed by atoms with Gasteiger partial charge in [-0.1, -0.05) is 44.0 Å². The van der Waals surface area contributed by atoms with E-state index in [4.69, 9.17) is 19.6 Å². The second-order valence-corrected chi connectivity index (χ2v) is 19.7. The highest BCUT2D eigenvalue weighted by atomic mass is 16.6. The lowest BCUT2D eigenvalue weighted by Crippen LogP contribution is -2.44. The van der Waals surface area contributed by atoms with Gasteiger partial charge in [-0.05, 0) is 112 Å². The van der Waals surface area contributed by atoms with E-state index in [1.807, 2.05) is 57.2 Å². The number of aromatic hydroxyl groups is 1. The van der Waals surface area contributed by atoms with Crippen molar-refractivity contribution < 1.29 is 29.3 Å². The summed E-state index contributed by atoms with van der Waals surface area (Å²) in [7, 11) is 3.86. The molecule has 3 aromatic carbocycles. The van der Waals surface area contributed by atoms with Gasteiger partial charge in [-0.25, -0.2) is 9.78 Å². The minimum absolute atomic E-state index is 0.104. The smallest absolute Gasteiger partial charge is 0.343 e. The van der Waals surface area contributed by atoms with Gasteiger partial charge in [-0.2, -0.15) is 5.10 Å². The van der Waals surface area contributed by atoms with Crippen molar-refractivity contribution in [2.75, 3.05) is 40.4 Å². The molecule has 2 fully saturated rings. The summed E-state index contributed by atoms with van der Waals surface area (Å²) in [5, 5.41) is 30.8. The number of aryl methyl sites for hydroxylation is 2. The van der Waals surface area contributed by atoms with Crippen molar-refractivity contribution in [1.29, 1.82) is 0 Å². The Morgan fingerprint density at radius 3 is 2.42 bits per heavy atom. The minimum Gasteiger partial charge on any atom is -0.508 e. The summed E-state index contributed by atoms with van der Waals surface area (Å²) in [4.78, 5) is 63.7. The number of nitrogens with zero attached hydrogens (tertiary/aromatic N) is 6. The third-order valence-corrected chi connectivity index (χ3v) is 14.6. The molecule has 7 aromatic rings. The molecule has 1 atom stereocenters. The van der Waals surface area contributed by atoms with Crippen molar-refractivity contribution in [3.8, 4) is 28.3 Å². The van der Waals surface area contributed by atoms with Crippen LogP contribution in [0, 0.1) is 13.8 Å². The first kappa shape index (κ1) is 47.7. The van der Waals surface area contributed by atoms with Crippen LogP contribution >= 0.6 is 0 Å². The number of nitrogens with one attached hydrogen (secondary N) is 2. The van der Waals surface area contributed by atoms with Gasteiger partial charge in [-0.3, -0.25) is 24.0 Å². The second kappa shape index (κ2) is 19.3. The monoisotopic (exact) mass is 960 g/mol. The predicted molar refractivity (Wildman–Crippen MR) is 270 cm³/mol. The number of carbonyl (C=O) groups is 2. The van der Waals surface area contributed by atoms with Gasteiger partial charge < -0.3 is 39.5 Å². The normalized spacial score (nSPS) is 17.8. The van der Waals surface area contributed by atoms with Gasteiger partial charge in [0.25, 0.3) is 17.0 Å². The predicted octanol–water partition coefficient (Wildman–Crippen LogP) is 6.73. The van der Waals surface area contributed by atoms with Gasteiger partial charge in [0, 0.05) is 71.4 Å². The van der Waals surface area contributed by atoms with E-state index in [0.29, 0.717) is 58.3 Å². The first-order valence-electron chi connectivity index (χ1n) is 24.5. The van der Waals surface area contributed by atoms with Crippen LogP contribution in [0.4, 0.5) is 0 Å². The van der Waals surface area contributed by atoms with Crippen LogP contribution in [0.15, 0.2) is 82.5 Å². The molecular weight excluding hydrogens is 901 g/mol. The lowest BCUT2D eigenvalue weighted by Gasteiger charge is -2.31. The first-order valence-corrected chi connectivity index (χ1v) is 24.5. The number of cyclic esters (lactones) is 1. The fourth-order valence-corrected chi connectivity index (χ4v) is 10.7. The zero-order valence-electron chi connectivity index (χ0n) is 40.9. The number of H-pyrrole nitrogens is 1. The van der Waals surface area contributed by atoms with Crippen molar-refractivity contribution in [2.24, 2.45) is 0 Å². The number of morpholine rings is 1. The van der Waals surface area contributed by atoms with E-state index in [1.165, 1.54) is 18.4 Å². The molecule has 16 nitrogen and oxygen atoms in total. The lowest BCUT2D eigenvalue weighted by molar-refractivity contribution is -0.172. The summed E-state index contributed by atoms with van der Waals surface area (Å²) in [5.74, 6) is -0.740. The number of aromatic amines is 1. The Morgan fingerprint density at radius 1 is 0.944 bits per heavy atom. The Balaban J connectivity index is 0.000000169. The molecule has 0 radical (unpaired) electrons. The molecule has 0 bridgehead atoms. The van der Waals surface area contributed by atoms with Gasteiger partial charge in [0.2, 0.25) is 0 Å². The Morgan fingerprint density at radius 2 is 1.70 bits per heavy atom. The van der Waals surface area contributed by atoms with Crippen LogP contribution in [0.2, 0.25) is 0 Å². The molecule has 16 heteroatoms. The Hall–Kier alpha value is -6.98. The maximum atomic E-state index is 13.6. The number of pyridine rings is 3. The highest BCUT2D eigenvalue weighted by Crippen LogP contribution is 2.40. The third-order valence-electron chi connectivity index (χ3n) is 14.6. The Bertz CT molecular complexity index is 3340. The molecule has 1 aliphatic carbocycles. The summed E-state index contributed by atoms with van der Waals surface area (Å²) >= 11 is 0. The van der Waals surface area contributed by atoms with Gasteiger partial charge in [0.05, 0.1) is 65.5 Å². The maximum absolute atomic E-state index is 13.6. The molecule has 7 heterocycles. The highest BCUT2D eigenvalue weighted by molar-refractivity contribution is 6.08. The standard InChI is InChI=1S/C32H37N5O3.C23H23N3O5/c1-21-15-22(2)35-32(39)28(21)18-33-31(38)27-16-25(17-30-29(27)19-34-37(30)26-5-3-4-6-26)24-9-7-23(8-10-24)20-36-11-13-40-14-12-36;1-4-23(30)16-8-18-20-12(9-26(18)21(28)15(16)11-31-22(23)29)7-13-14(10-25(2)3)19(27)6-5-17(13)24-20/h7-10,15-17,19,26H,3-6,11-14,18,20H2,1-2H3,(H,33,38)(H,35,39);5-8,27,30H,4,9-11H2,1-3H3/t;23-/m.0/s1. The number of aromatic nitrogens is 5. The number of carbonyl (C=O) groups excluding carboxylic acids is 2. The van der Waals surface area contributed by atoms with Crippen LogP contribution < -0.4 is 16.4 Å². The fraction of sp³-hybridized carbons (Fsp3) is 0.382. The third kappa shape index (κ3) is 9.05. The van der Waals surface area contributed by atoms with Crippen molar-refractivity contribution >= 4 is 33.7 Å². The number of ether oxygens (including phenoxy) is 2. The van der Waals surface area contributed by atoms with Crippen LogP contribution in [0.1, 0.15) is 100 Å². The summed E-state index contributed by atoms with van der Waals surface area (Å²) in [6.45, 7) is 10.7. The SMILES string of the molecule is CC[C@@]1(O)C(=O)OCc2c1cc1n(c2=O)Cc2cc3c(CN(C)C)c(O)ccc3nc2-1.Cc1cc(C)c(CNC(=O)c2cc(-c3ccc(CN4CCOCC4)cc3)cc3c2cnn3C2CCCC2)c(=O)[nH]1. The van der Waals surface area contributed by atoms with E-state index >= 15 is 0 Å². The molecule has 4 aliphatic rings. The number of rotatable bonds is 10. The Labute approximate surface area is 410 Å². The highest BCUT2D eigenvalue weighted by Gasteiger charge is 2.45. The molecule has 368 valence electrons. The van der Waals surface area contributed by atoms with E-state index < -0.39 is 11.6 Å². The van der Waals surface area contributed by atoms with Gasteiger partial charge in [0.1, 0.15) is 12.4 Å². The number of aliphatic hydroxyl groups is 1. The van der Waals surface area contributed by atoms with Gasteiger partial charge in [0.15, 0.2) is 5.60 Å². The number of hydrogen-bond acceptors (Lipinski definition) is 12. The van der Waals surface area contributed by atoms with Crippen molar-refractivity contribution in [2.45, 2.75) is 97.3 Å². The zero-order chi connectivity index (χ0) is 49.7. The molecule has 4 aromatic heterocycles. The van der Waals surface area contributed by atoms with E-state index in [2.05, 4.69) is 50.2 Å². The largest absolute Gasteiger partial charge is 0.508 e. The summed E-state index contributed by atoms with van der Waals surface area (Å²) in [5.41, 5.74) is 8.99. The van der Waals surface area contributed by atoms with Gasteiger partial charge >= 0.3 is 5.97 Å². The molecule has 4 N–H and O–H groups in total. The fourth-order valence-electron chi connectivity index (χ4n) is 10.7. The average molecular weight is 961 g/mol. The topological polar surface area (TPSA) is 197 Å². The molecule has 11 rings (SSSR count). The number of phenolic OH excluding ortho intramolecular Hbond substituents is 1. The number of fused-ring (bicyclic) bond motifs is 6. The lowest BCUT2D eigenvalue weighted by atomic mass is 9.86. The van der Waals surface area contributed by atoms with Crippen LogP contribution in [0.25, 0.3) is 44.3 Å². The van der Waals surface area contributed by atoms with E-state index in [1.54, 1.807) is 29.7 Å². The molecule has 0 unspecified atom stereocenters. The number of esters is 1. The van der Waals surface area contributed by atoms with Crippen LogP contribution in [-0.4, -0.2) is 96.6 Å². The maximum Gasteiger partial charge on any atom is 0.343 e. The molecule has 1 saturated heterocycles. The number of amides is 1. The van der Waals surface area contributed by atoms with Crippen molar-refractivity contribution in [1.82, 2.24) is 39.4 Å². The average Bonchev–Trinajstić information content (AvgIpc) is 4.13. The van der Waals surface area contributed by atoms with Crippen LogP contribution in [-0.2, 0) is 52.7 Å². The molecule has 3 aliphatic heterocycles. The molecule has 1 saturated carbocycles. The van der Waals surface area contributed by atoms with Crippen molar-refractivity contribution in [3.05, 3.63) is 144 Å². The summed E-state index contributed by atoms with van der Waals surface area (Å²) in [6.07, 6.45) is 6.54. The van der Waals surface area contributed by atoms with E-state index in [0.717, 1.165) is 95.5 Å². The molecule has 0 spiro atoms. The number of phenols is 1. The first-order chi connectivity index (χ1) is 34.2. The quantitative estimate of drug-likeness (QED) is 0.106. The Kier molecular flexibility index (Phi) is 13.0. The van der Waals surface area contributed by atoms with Crippen LogP contribution in [0.5, 0.6) is 5.75 Å². The molecule has 71 heavy (non-hydrogen) atoms. The minimum atomic E-state index is -1.84. The van der Waals surface area contributed by atoms with Crippen LogP contribution in [0.3, 0.4) is 0 Å². The number of benzene rings is 3. The summed E-state index contributed by atoms with van der Waals surface area (Å²) in [6, 6.07) is 22.1. The van der Waals surface area contributed by atoms with Gasteiger partial charge in [-0.15, -0.1) is 0 Å². The zero-order valence-corrected chi connectivity index (χ0v) is 40.9. The van der Waals surface area contributed by atoms with E-state index in [9.17, 15) is 29.4 Å². The molecular formula is C55H60N8O8. The van der Waals surface area contributed by atoms with Crippen molar-refractivity contribution in [3.63, 3.8) is 0 Å². The second-order valence-electron chi connectivity index (χ2n) is 19.7.